The first-order valence-corrected chi connectivity index (χ1v) is 9.95. The van der Waals surface area contributed by atoms with Crippen LogP contribution in [-0.4, -0.2) is 43.5 Å². The van der Waals surface area contributed by atoms with Crippen LogP contribution in [0.3, 0.4) is 0 Å². The molecular formula is C21H32ClN3O3. The number of rotatable bonds is 5. The van der Waals surface area contributed by atoms with Crippen LogP contribution < -0.4 is 15.8 Å². The molecule has 2 bridgehead atoms. The zero-order valence-electron chi connectivity index (χ0n) is 16.9. The summed E-state index contributed by atoms with van der Waals surface area (Å²) in [5.74, 6) is 1.39. The third kappa shape index (κ3) is 4.78. The highest BCUT2D eigenvalue weighted by Crippen LogP contribution is 2.42. The fourth-order valence-corrected chi connectivity index (χ4v) is 4.53. The number of hydrogen-bond acceptors (Lipinski definition) is 4. The van der Waals surface area contributed by atoms with Crippen LogP contribution in [0.5, 0.6) is 5.75 Å². The summed E-state index contributed by atoms with van der Waals surface area (Å²) in [5.41, 5.74) is 7.51. The van der Waals surface area contributed by atoms with Gasteiger partial charge in [-0.05, 0) is 62.6 Å². The molecule has 1 aromatic carbocycles. The largest absolute Gasteiger partial charge is 0.492 e. The zero-order chi connectivity index (χ0) is 19.6. The molecule has 0 heterocycles. The van der Waals surface area contributed by atoms with Gasteiger partial charge in [0.05, 0.1) is 12.3 Å². The predicted molar refractivity (Wildman–Crippen MR) is 113 cm³/mol. The van der Waals surface area contributed by atoms with Crippen LogP contribution >= 0.6 is 12.4 Å². The number of halogens is 1. The van der Waals surface area contributed by atoms with Crippen molar-refractivity contribution >= 4 is 29.9 Å². The maximum Gasteiger partial charge on any atom is 0.253 e. The Labute approximate surface area is 173 Å². The van der Waals surface area contributed by atoms with Crippen molar-refractivity contribution in [2.45, 2.75) is 45.1 Å². The molecule has 1 aromatic rings. The van der Waals surface area contributed by atoms with Crippen molar-refractivity contribution in [2.24, 2.45) is 23.5 Å². The molecule has 2 unspecified atom stereocenters. The van der Waals surface area contributed by atoms with Crippen molar-refractivity contribution in [3.63, 3.8) is 0 Å². The maximum absolute atomic E-state index is 12.9. The summed E-state index contributed by atoms with van der Waals surface area (Å²) in [6, 6.07) is 5.44. The predicted octanol–water partition coefficient (Wildman–Crippen LogP) is 3.30. The average Bonchev–Trinajstić information content (AvgIpc) is 2.62. The van der Waals surface area contributed by atoms with Gasteiger partial charge in [0.1, 0.15) is 5.75 Å². The van der Waals surface area contributed by atoms with Gasteiger partial charge in [0.15, 0.2) is 0 Å². The maximum atomic E-state index is 12.9. The standard InChI is InChI=1S/C21H31N3O3.ClH/c1-4-27-18-12-15(21(26)24(2)3)8-9-17(18)23-20(25)16-10-13-6-5-7-14(11-16)19(13)22;/h8-9,12-14,16,19H,4-7,10-11,22H2,1-3H3,(H,23,25);1H. The molecule has 2 fully saturated rings. The molecule has 7 heteroatoms. The number of nitrogens with one attached hydrogen (secondary N) is 1. The Morgan fingerprint density at radius 1 is 1.21 bits per heavy atom. The number of carbonyl (C=O) groups is 2. The van der Waals surface area contributed by atoms with Crippen LogP contribution in [0, 0.1) is 17.8 Å². The van der Waals surface area contributed by atoms with Gasteiger partial charge >= 0.3 is 0 Å². The lowest BCUT2D eigenvalue weighted by Crippen LogP contribution is -2.48. The van der Waals surface area contributed by atoms with E-state index >= 15 is 0 Å². The third-order valence-electron chi connectivity index (χ3n) is 5.98. The normalized spacial score (nSPS) is 26.0. The molecule has 6 nitrogen and oxygen atoms in total. The Morgan fingerprint density at radius 3 is 2.43 bits per heavy atom. The minimum Gasteiger partial charge on any atom is -0.492 e. The Bertz CT molecular complexity index is 696. The van der Waals surface area contributed by atoms with Crippen LogP contribution in [0.1, 0.15) is 49.4 Å². The Balaban J connectivity index is 0.00000280. The van der Waals surface area contributed by atoms with Crippen molar-refractivity contribution in [3.8, 4) is 5.75 Å². The summed E-state index contributed by atoms with van der Waals surface area (Å²) in [5, 5.41) is 3.03. The quantitative estimate of drug-likeness (QED) is 0.781. The first-order chi connectivity index (χ1) is 12.9. The van der Waals surface area contributed by atoms with Crippen LogP contribution in [0.15, 0.2) is 18.2 Å². The number of amides is 2. The SMILES string of the molecule is CCOc1cc(C(=O)N(C)C)ccc1NC(=O)C1CC2CCCC(C1)C2N.Cl. The fourth-order valence-electron chi connectivity index (χ4n) is 4.53. The molecule has 2 aliphatic carbocycles. The molecule has 2 amide bonds. The molecule has 0 saturated heterocycles. The van der Waals surface area contributed by atoms with E-state index in [0.29, 0.717) is 35.4 Å². The van der Waals surface area contributed by atoms with Crippen LogP contribution in [0.25, 0.3) is 0 Å². The van der Waals surface area contributed by atoms with Crippen LogP contribution in [0.4, 0.5) is 5.69 Å². The lowest BCUT2D eigenvalue weighted by Gasteiger charge is -2.43. The van der Waals surface area contributed by atoms with Gasteiger partial charge in [0.2, 0.25) is 5.91 Å². The molecule has 2 atom stereocenters. The lowest BCUT2D eigenvalue weighted by molar-refractivity contribution is -0.122. The molecule has 28 heavy (non-hydrogen) atoms. The van der Waals surface area contributed by atoms with E-state index in [4.69, 9.17) is 10.5 Å². The van der Waals surface area contributed by atoms with Crippen molar-refractivity contribution in [3.05, 3.63) is 23.8 Å². The Hall–Kier alpha value is -1.79. The van der Waals surface area contributed by atoms with E-state index in [1.807, 2.05) is 6.92 Å². The van der Waals surface area contributed by atoms with E-state index in [-0.39, 0.29) is 36.2 Å². The number of nitrogens with zero attached hydrogens (tertiary/aromatic N) is 1. The van der Waals surface area contributed by atoms with Gasteiger partial charge in [-0.15, -0.1) is 12.4 Å². The minimum absolute atomic E-state index is 0. The molecular weight excluding hydrogens is 378 g/mol. The number of hydrogen-bond donors (Lipinski definition) is 2. The van der Waals surface area contributed by atoms with E-state index in [1.54, 1.807) is 32.3 Å². The first-order valence-electron chi connectivity index (χ1n) is 9.95. The van der Waals surface area contributed by atoms with Gasteiger partial charge in [0, 0.05) is 31.6 Å². The molecule has 2 aliphatic rings. The molecule has 0 aliphatic heterocycles. The van der Waals surface area contributed by atoms with Gasteiger partial charge in [-0.1, -0.05) is 6.42 Å². The average molecular weight is 410 g/mol. The monoisotopic (exact) mass is 409 g/mol. The smallest absolute Gasteiger partial charge is 0.253 e. The second-order valence-corrected chi connectivity index (χ2v) is 8.03. The minimum atomic E-state index is -0.0945. The number of ether oxygens (including phenoxy) is 1. The molecule has 2 saturated carbocycles. The highest BCUT2D eigenvalue weighted by molar-refractivity contribution is 5.97. The second kappa shape index (κ2) is 9.61. The zero-order valence-corrected chi connectivity index (χ0v) is 17.8. The molecule has 0 aromatic heterocycles. The third-order valence-corrected chi connectivity index (χ3v) is 5.98. The number of carbonyl (C=O) groups excluding carboxylic acids is 2. The van der Waals surface area contributed by atoms with Gasteiger partial charge < -0.3 is 20.7 Å². The summed E-state index contributed by atoms with van der Waals surface area (Å²) in [6.45, 7) is 2.35. The fraction of sp³-hybridized carbons (Fsp3) is 0.619. The number of nitrogens with two attached hydrogens (primary N) is 1. The Kier molecular flexibility index (Phi) is 7.72. The van der Waals surface area contributed by atoms with Gasteiger partial charge in [-0.25, -0.2) is 0 Å². The van der Waals surface area contributed by atoms with E-state index in [1.165, 1.54) is 11.3 Å². The van der Waals surface area contributed by atoms with Gasteiger partial charge in [-0.2, -0.15) is 0 Å². The highest BCUT2D eigenvalue weighted by atomic mass is 35.5. The van der Waals surface area contributed by atoms with E-state index < -0.39 is 0 Å². The van der Waals surface area contributed by atoms with Gasteiger partial charge in [-0.3, -0.25) is 9.59 Å². The van der Waals surface area contributed by atoms with Crippen molar-refractivity contribution in [2.75, 3.05) is 26.0 Å². The summed E-state index contributed by atoms with van der Waals surface area (Å²) in [7, 11) is 3.42. The van der Waals surface area contributed by atoms with E-state index in [9.17, 15) is 9.59 Å². The van der Waals surface area contributed by atoms with Gasteiger partial charge in [0.25, 0.3) is 5.91 Å². The van der Waals surface area contributed by atoms with Crippen molar-refractivity contribution < 1.29 is 14.3 Å². The van der Waals surface area contributed by atoms with Crippen molar-refractivity contribution in [1.82, 2.24) is 4.90 Å². The molecule has 3 rings (SSSR count). The van der Waals surface area contributed by atoms with E-state index in [2.05, 4.69) is 5.32 Å². The summed E-state index contributed by atoms with van der Waals surface area (Å²) in [6.07, 6.45) is 5.22. The van der Waals surface area contributed by atoms with Crippen LogP contribution in [-0.2, 0) is 4.79 Å². The second-order valence-electron chi connectivity index (χ2n) is 8.03. The topological polar surface area (TPSA) is 84.7 Å². The summed E-state index contributed by atoms with van der Waals surface area (Å²) < 4.78 is 5.68. The number of fused-ring (bicyclic) bond motifs is 2. The Morgan fingerprint density at radius 2 is 1.86 bits per heavy atom. The lowest BCUT2D eigenvalue weighted by atomic mass is 9.65. The number of benzene rings is 1. The van der Waals surface area contributed by atoms with E-state index in [0.717, 1.165) is 25.7 Å². The van der Waals surface area contributed by atoms with Crippen molar-refractivity contribution in [1.29, 1.82) is 0 Å². The molecule has 0 spiro atoms. The summed E-state index contributed by atoms with van der Waals surface area (Å²) >= 11 is 0. The highest BCUT2D eigenvalue weighted by Gasteiger charge is 2.40. The summed E-state index contributed by atoms with van der Waals surface area (Å²) in [4.78, 5) is 26.6. The first kappa shape index (κ1) is 22.5. The number of anilines is 1. The molecule has 156 valence electrons. The molecule has 0 radical (unpaired) electrons. The molecule has 3 N–H and O–H groups in total. The van der Waals surface area contributed by atoms with Crippen LogP contribution in [0.2, 0.25) is 0 Å².